The van der Waals surface area contributed by atoms with Gasteiger partial charge in [0.05, 0.1) is 16.2 Å². The average Bonchev–Trinajstić information content (AvgIpc) is 2.89. The molecule has 1 aliphatic heterocycles. The third kappa shape index (κ3) is 6.14. The molecule has 0 aliphatic carbocycles. The monoisotopic (exact) mass is 510 g/mol. The first-order valence-corrected chi connectivity index (χ1v) is 13.7. The first-order chi connectivity index (χ1) is 17.2. The van der Waals surface area contributed by atoms with Crippen LogP contribution in [0.3, 0.4) is 0 Å². The lowest BCUT2D eigenvalue weighted by Gasteiger charge is -2.32. The highest BCUT2D eigenvalue weighted by Gasteiger charge is 2.24. The molecular weight excluding hydrogens is 480 g/mol. The Morgan fingerprint density at radius 2 is 1.69 bits per heavy atom. The number of hydrogen-bond acceptors (Lipinski definition) is 10. The van der Waals surface area contributed by atoms with Gasteiger partial charge in [0.25, 0.3) is 5.88 Å². The maximum Gasteiger partial charge on any atom is 0.258 e. The summed E-state index contributed by atoms with van der Waals surface area (Å²) in [5.41, 5.74) is 3.10. The Bertz CT molecular complexity index is 1320. The van der Waals surface area contributed by atoms with E-state index in [1.165, 1.54) is 12.6 Å². The molecule has 2 aromatic heterocycles. The lowest BCUT2D eigenvalue weighted by molar-refractivity contribution is 0.160. The normalized spacial score (nSPS) is 15.1. The molecule has 1 fully saturated rings. The summed E-state index contributed by atoms with van der Waals surface area (Å²) in [5.74, 6) is 1.51. The van der Waals surface area contributed by atoms with Crippen molar-refractivity contribution in [3.8, 4) is 11.8 Å². The van der Waals surface area contributed by atoms with Crippen molar-refractivity contribution in [3.63, 3.8) is 0 Å². The Labute approximate surface area is 211 Å². The average molecular weight is 511 g/mol. The van der Waals surface area contributed by atoms with Crippen molar-refractivity contribution in [2.24, 2.45) is 5.16 Å². The zero-order valence-electron chi connectivity index (χ0n) is 20.9. The van der Waals surface area contributed by atoms with Gasteiger partial charge in [0.2, 0.25) is 11.8 Å². The van der Waals surface area contributed by atoms with Gasteiger partial charge < -0.3 is 14.5 Å². The molecular formula is C25H30N6O4S. The fourth-order valence-electron chi connectivity index (χ4n) is 3.76. The first kappa shape index (κ1) is 25.5. The highest BCUT2D eigenvalue weighted by molar-refractivity contribution is 7.90. The van der Waals surface area contributed by atoms with E-state index in [0.29, 0.717) is 23.0 Å². The van der Waals surface area contributed by atoms with E-state index < -0.39 is 9.84 Å². The summed E-state index contributed by atoms with van der Waals surface area (Å²) in [5, 5.41) is 4.16. The van der Waals surface area contributed by atoms with E-state index in [0.717, 1.165) is 49.4 Å². The summed E-state index contributed by atoms with van der Waals surface area (Å²) >= 11 is 0. The maximum atomic E-state index is 11.7. The number of rotatable bonds is 8. The number of nitrogens with zero attached hydrogens (tertiary/aromatic N) is 6. The van der Waals surface area contributed by atoms with Gasteiger partial charge in [-0.05, 0) is 43.5 Å². The molecule has 0 amide bonds. The molecule has 3 aromatic rings. The minimum Gasteiger partial charge on any atom is -0.474 e. The molecule has 1 saturated heterocycles. The number of benzene rings is 1. The largest absolute Gasteiger partial charge is 0.474 e. The minimum absolute atomic E-state index is 0.0104. The third-order valence-electron chi connectivity index (χ3n) is 6.06. The molecule has 0 bridgehead atoms. The number of oxime groups is 1. The summed E-state index contributed by atoms with van der Waals surface area (Å²) in [6.07, 6.45) is 8.89. The van der Waals surface area contributed by atoms with Gasteiger partial charge in [-0.2, -0.15) is 4.98 Å². The fraction of sp³-hybridized carbons (Fsp3) is 0.400. The van der Waals surface area contributed by atoms with E-state index in [-0.39, 0.29) is 11.0 Å². The first-order valence-electron chi connectivity index (χ1n) is 11.8. The van der Waals surface area contributed by atoms with Gasteiger partial charge in [0, 0.05) is 44.6 Å². The third-order valence-corrected chi connectivity index (χ3v) is 7.19. The van der Waals surface area contributed by atoms with Crippen molar-refractivity contribution in [3.05, 3.63) is 59.7 Å². The van der Waals surface area contributed by atoms with Crippen LogP contribution in [0.5, 0.6) is 11.8 Å². The number of aromatic nitrogens is 4. The molecule has 10 nitrogen and oxygen atoms in total. The quantitative estimate of drug-likeness (QED) is 0.332. The summed E-state index contributed by atoms with van der Waals surface area (Å²) in [7, 11) is -3.25. The molecule has 11 heteroatoms. The number of anilines is 1. The Balaban J connectivity index is 1.36. The van der Waals surface area contributed by atoms with Gasteiger partial charge >= 0.3 is 0 Å². The second-order valence-corrected chi connectivity index (χ2v) is 10.7. The highest BCUT2D eigenvalue weighted by Crippen LogP contribution is 2.26. The number of hydrogen-bond donors (Lipinski definition) is 0. The fourth-order valence-corrected chi connectivity index (χ4v) is 4.39. The predicted octanol–water partition coefficient (Wildman–Crippen LogP) is 3.39. The summed E-state index contributed by atoms with van der Waals surface area (Å²) in [4.78, 5) is 25.4. The van der Waals surface area contributed by atoms with Crippen LogP contribution in [0.1, 0.15) is 43.4 Å². The highest BCUT2D eigenvalue weighted by atomic mass is 32.2. The molecule has 0 unspecified atom stereocenters. The van der Waals surface area contributed by atoms with Gasteiger partial charge in [0.15, 0.2) is 9.84 Å². The van der Waals surface area contributed by atoms with Crippen molar-refractivity contribution in [1.29, 1.82) is 0 Å². The van der Waals surface area contributed by atoms with E-state index in [1.54, 1.807) is 31.2 Å². The summed E-state index contributed by atoms with van der Waals surface area (Å²) in [6.45, 7) is 7.28. The Morgan fingerprint density at radius 3 is 2.31 bits per heavy atom. The number of aryl methyl sites for hydroxylation is 1. The number of sulfone groups is 1. The molecule has 4 rings (SSSR count). The lowest BCUT2D eigenvalue weighted by Crippen LogP contribution is -2.39. The molecule has 0 atom stereocenters. The maximum absolute atomic E-state index is 11.7. The molecule has 190 valence electrons. The van der Waals surface area contributed by atoms with Gasteiger partial charge in [-0.3, -0.25) is 0 Å². The van der Waals surface area contributed by atoms with E-state index in [1.807, 2.05) is 19.3 Å². The van der Waals surface area contributed by atoms with Crippen LogP contribution in [-0.4, -0.2) is 59.5 Å². The summed E-state index contributed by atoms with van der Waals surface area (Å²) in [6, 6.07) is 6.47. The molecule has 0 saturated carbocycles. The second-order valence-electron chi connectivity index (χ2n) is 8.72. The van der Waals surface area contributed by atoms with Crippen molar-refractivity contribution in [2.75, 3.05) is 24.2 Å². The molecule has 1 aliphatic rings. The van der Waals surface area contributed by atoms with Crippen LogP contribution in [0.25, 0.3) is 0 Å². The topological polar surface area (TPSA) is 120 Å². The van der Waals surface area contributed by atoms with Crippen LogP contribution < -0.4 is 14.5 Å². The van der Waals surface area contributed by atoms with Gasteiger partial charge in [-0.1, -0.05) is 24.2 Å². The zero-order chi connectivity index (χ0) is 25.7. The van der Waals surface area contributed by atoms with E-state index >= 15 is 0 Å². The molecule has 0 radical (unpaired) electrons. The SMILES string of the molecule is CCc1cnc(N2CCC(Oc3ncnc(ON=C(C)c4ccc(S(C)(=O)=O)cc4)c3C)CC2)nc1. The van der Waals surface area contributed by atoms with Crippen molar-refractivity contribution in [1.82, 2.24) is 19.9 Å². The minimum atomic E-state index is -3.25. The number of ether oxygens (including phenoxy) is 1. The Hall–Kier alpha value is -3.60. The van der Waals surface area contributed by atoms with Crippen molar-refractivity contribution in [2.45, 2.75) is 51.0 Å². The van der Waals surface area contributed by atoms with Gasteiger partial charge in [-0.15, -0.1) is 0 Å². The van der Waals surface area contributed by atoms with E-state index in [2.05, 4.69) is 36.9 Å². The molecule has 0 spiro atoms. The molecule has 1 aromatic carbocycles. The van der Waals surface area contributed by atoms with Crippen LogP contribution in [0.4, 0.5) is 5.95 Å². The van der Waals surface area contributed by atoms with Crippen LogP contribution in [0, 0.1) is 6.92 Å². The van der Waals surface area contributed by atoms with Crippen LogP contribution >= 0.6 is 0 Å². The smallest absolute Gasteiger partial charge is 0.258 e. The van der Waals surface area contributed by atoms with Crippen LogP contribution in [-0.2, 0) is 16.3 Å². The number of piperidine rings is 1. The Morgan fingerprint density at radius 1 is 1.06 bits per heavy atom. The van der Waals surface area contributed by atoms with Crippen molar-refractivity contribution >= 4 is 21.5 Å². The lowest BCUT2D eigenvalue weighted by atomic mass is 10.1. The molecule has 0 N–H and O–H groups in total. The van der Waals surface area contributed by atoms with E-state index in [4.69, 9.17) is 9.57 Å². The molecule has 3 heterocycles. The molecule has 36 heavy (non-hydrogen) atoms. The van der Waals surface area contributed by atoms with Crippen LogP contribution in [0.15, 0.2) is 53.0 Å². The predicted molar refractivity (Wildman–Crippen MR) is 136 cm³/mol. The van der Waals surface area contributed by atoms with Gasteiger partial charge in [-0.25, -0.2) is 23.4 Å². The van der Waals surface area contributed by atoms with E-state index in [9.17, 15) is 8.42 Å². The summed E-state index contributed by atoms with van der Waals surface area (Å²) < 4.78 is 29.5. The standard InChI is InChI=1S/C25H30N6O4S/c1-5-19-14-26-25(27-15-19)31-12-10-21(11-13-31)34-23-17(2)24(29-16-28-23)35-30-18(3)20-6-8-22(9-7-20)36(4,32)33/h6-9,14-16,21H,5,10-13H2,1-4H3. The Kier molecular flexibility index (Phi) is 7.78. The van der Waals surface area contributed by atoms with Gasteiger partial charge in [0.1, 0.15) is 12.4 Å². The van der Waals surface area contributed by atoms with Crippen LogP contribution in [0.2, 0.25) is 0 Å². The zero-order valence-corrected chi connectivity index (χ0v) is 21.7. The van der Waals surface area contributed by atoms with Crippen molar-refractivity contribution < 1.29 is 18.0 Å². The second kappa shape index (κ2) is 11.0.